The molecule has 0 bridgehead atoms. The van der Waals surface area contributed by atoms with E-state index in [1.165, 1.54) is 5.57 Å². The number of hydrogen-bond acceptors (Lipinski definition) is 3. The lowest BCUT2D eigenvalue weighted by atomic mass is 9.89. The molecule has 2 saturated carbocycles. The van der Waals surface area contributed by atoms with Crippen LogP contribution in [0.3, 0.4) is 0 Å². The van der Waals surface area contributed by atoms with Gasteiger partial charge in [-0.15, -0.1) is 11.8 Å². The maximum Gasteiger partial charge on any atom is 0.303 e. The number of ketones is 1. The largest absolute Gasteiger partial charge is 0.481 e. The third-order valence-electron chi connectivity index (χ3n) is 5.69. The molecule has 0 radical (unpaired) electrons. The zero-order valence-electron chi connectivity index (χ0n) is 15.8. The van der Waals surface area contributed by atoms with Crippen molar-refractivity contribution in [1.82, 2.24) is 0 Å². The highest BCUT2D eigenvalue weighted by Gasteiger charge is 2.44. The van der Waals surface area contributed by atoms with Gasteiger partial charge in [-0.1, -0.05) is 24.6 Å². The van der Waals surface area contributed by atoms with E-state index in [2.05, 4.69) is 17.9 Å². The summed E-state index contributed by atoms with van der Waals surface area (Å²) in [7, 11) is 0. The Labute approximate surface area is 156 Å². The molecule has 2 fully saturated rings. The smallest absolute Gasteiger partial charge is 0.303 e. The summed E-state index contributed by atoms with van der Waals surface area (Å²) in [6.45, 7) is 3.66. The van der Waals surface area contributed by atoms with Gasteiger partial charge in [-0.25, -0.2) is 0 Å². The molecule has 5 atom stereocenters. The van der Waals surface area contributed by atoms with Crippen molar-refractivity contribution >= 4 is 11.8 Å². The molecule has 2 rings (SSSR count). The number of allylic oxidation sites excluding steroid dienone is 3. The first-order valence-electron chi connectivity index (χ1n) is 9.61. The minimum Gasteiger partial charge on any atom is -0.481 e. The van der Waals surface area contributed by atoms with Crippen LogP contribution in [0.5, 0.6) is 0 Å². The molecule has 2 aliphatic carbocycles. The number of aliphatic hydroxyl groups is 1. The van der Waals surface area contributed by atoms with E-state index in [1.807, 2.05) is 13.0 Å². The maximum absolute atomic E-state index is 12.2. The van der Waals surface area contributed by atoms with Gasteiger partial charge in [0.25, 0.3) is 0 Å². The predicted octanol–water partition coefficient (Wildman–Crippen LogP) is 3.75. The van der Waals surface area contributed by atoms with Gasteiger partial charge < -0.3 is 10.2 Å². The van der Waals surface area contributed by atoms with E-state index < -0.39 is 5.97 Å². The van der Waals surface area contributed by atoms with Crippen molar-refractivity contribution in [3.63, 3.8) is 0 Å². The molecule has 0 aliphatic heterocycles. The normalized spacial score (nSPS) is 30.2. The van der Waals surface area contributed by atoms with E-state index in [1.54, 1.807) is 13.0 Å². The number of aliphatic hydroxyl groups excluding tert-OH is 1. The molecule has 0 saturated heterocycles. The molecule has 26 heavy (non-hydrogen) atoms. The average Bonchev–Trinajstić information content (AvgIpc) is 3.10. The van der Waals surface area contributed by atoms with Crippen LogP contribution in [0.15, 0.2) is 23.8 Å². The third-order valence-corrected chi connectivity index (χ3v) is 5.69. The van der Waals surface area contributed by atoms with Gasteiger partial charge in [0.15, 0.2) is 5.78 Å². The fourth-order valence-electron chi connectivity index (χ4n) is 4.23. The maximum atomic E-state index is 12.2. The lowest BCUT2D eigenvalue weighted by molar-refractivity contribution is -0.137. The van der Waals surface area contributed by atoms with E-state index in [0.717, 1.165) is 25.7 Å². The summed E-state index contributed by atoms with van der Waals surface area (Å²) in [6, 6.07) is 0. The molecule has 0 aromatic carbocycles. The van der Waals surface area contributed by atoms with Crippen molar-refractivity contribution in [3.8, 4) is 11.8 Å². The highest BCUT2D eigenvalue weighted by atomic mass is 16.4. The minimum absolute atomic E-state index is 0.0401. The predicted molar refractivity (Wildman–Crippen MR) is 101 cm³/mol. The van der Waals surface area contributed by atoms with Gasteiger partial charge in [0.2, 0.25) is 0 Å². The van der Waals surface area contributed by atoms with Crippen LogP contribution in [0.4, 0.5) is 0 Å². The Morgan fingerprint density at radius 1 is 1.35 bits per heavy atom. The van der Waals surface area contributed by atoms with E-state index in [0.29, 0.717) is 24.7 Å². The number of aliphatic carboxylic acids is 1. The second-order valence-corrected chi connectivity index (χ2v) is 7.65. The summed E-state index contributed by atoms with van der Waals surface area (Å²) in [6.07, 6.45) is 10.4. The Bertz CT molecular complexity index is 634. The number of hydrogen-bond donors (Lipinski definition) is 2. The minimum atomic E-state index is -0.746. The summed E-state index contributed by atoms with van der Waals surface area (Å²) < 4.78 is 0. The Morgan fingerprint density at radius 2 is 2.12 bits per heavy atom. The fourth-order valence-corrected chi connectivity index (χ4v) is 4.23. The first-order chi connectivity index (χ1) is 12.4. The molecular formula is C22H30O4. The average molecular weight is 358 g/mol. The van der Waals surface area contributed by atoms with E-state index in [-0.39, 0.29) is 30.1 Å². The van der Waals surface area contributed by atoms with Gasteiger partial charge in [0.05, 0.1) is 6.10 Å². The quantitative estimate of drug-likeness (QED) is 0.300. The zero-order chi connectivity index (χ0) is 19.1. The van der Waals surface area contributed by atoms with Crippen molar-refractivity contribution in [2.45, 2.75) is 64.9 Å². The highest BCUT2D eigenvalue weighted by molar-refractivity contribution is 5.91. The summed E-state index contributed by atoms with van der Waals surface area (Å²) in [5, 5.41) is 19.1. The molecule has 4 heteroatoms. The van der Waals surface area contributed by atoms with Crippen LogP contribution < -0.4 is 0 Å². The number of carbonyl (C=O) groups excluding carboxylic acids is 1. The molecule has 0 aromatic heterocycles. The Morgan fingerprint density at radius 3 is 2.81 bits per heavy atom. The highest BCUT2D eigenvalue weighted by Crippen LogP contribution is 2.50. The van der Waals surface area contributed by atoms with Crippen molar-refractivity contribution in [1.29, 1.82) is 0 Å². The Hall–Kier alpha value is -1.86. The summed E-state index contributed by atoms with van der Waals surface area (Å²) in [4.78, 5) is 22.8. The molecule has 1 unspecified atom stereocenters. The van der Waals surface area contributed by atoms with Gasteiger partial charge >= 0.3 is 5.97 Å². The van der Waals surface area contributed by atoms with Crippen LogP contribution in [0.1, 0.15) is 58.8 Å². The fraction of sp³-hybridized carbons (Fsp3) is 0.636. The lowest BCUT2D eigenvalue weighted by Gasteiger charge is -2.17. The Kier molecular flexibility index (Phi) is 7.66. The van der Waals surface area contributed by atoms with E-state index >= 15 is 0 Å². The summed E-state index contributed by atoms with van der Waals surface area (Å²) in [5.41, 5.74) is 1.38. The van der Waals surface area contributed by atoms with Crippen molar-refractivity contribution in [2.24, 2.45) is 23.7 Å². The topological polar surface area (TPSA) is 74.6 Å². The SMILES string of the molecule is CC#CCC(C)C(=O)/C=C/[C@@H]1[C@H]2C/C(=C/CCCC(=O)O)C[C@H]2C[C@H]1O. The number of unbranched alkanes of at least 4 members (excludes halogenated alkanes) is 1. The second-order valence-electron chi connectivity index (χ2n) is 7.65. The summed E-state index contributed by atoms with van der Waals surface area (Å²) >= 11 is 0. The van der Waals surface area contributed by atoms with Crippen molar-refractivity contribution < 1.29 is 19.8 Å². The third kappa shape index (κ3) is 5.57. The van der Waals surface area contributed by atoms with Gasteiger partial charge in [-0.3, -0.25) is 9.59 Å². The number of carbonyl (C=O) groups is 2. The number of fused-ring (bicyclic) bond motifs is 1. The van der Waals surface area contributed by atoms with Crippen LogP contribution >= 0.6 is 0 Å². The Balaban J connectivity index is 1.91. The molecule has 142 valence electrons. The van der Waals surface area contributed by atoms with E-state index in [4.69, 9.17) is 5.11 Å². The first-order valence-corrected chi connectivity index (χ1v) is 9.61. The van der Waals surface area contributed by atoms with Crippen LogP contribution in [0, 0.1) is 35.5 Å². The van der Waals surface area contributed by atoms with Crippen LogP contribution in [0.25, 0.3) is 0 Å². The van der Waals surface area contributed by atoms with Gasteiger partial charge in [0.1, 0.15) is 0 Å². The molecule has 0 spiro atoms. The lowest BCUT2D eigenvalue weighted by Crippen LogP contribution is -2.17. The van der Waals surface area contributed by atoms with Gasteiger partial charge in [0, 0.05) is 24.7 Å². The van der Waals surface area contributed by atoms with E-state index in [9.17, 15) is 14.7 Å². The molecule has 0 aromatic rings. The second kappa shape index (κ2) is 9.73. The molecule has 0 heterocycles. The molecule has 0 amide bonds. The molecule has 2 N–H and O–H groups in total. The van der Waals surface area contributed by atoms with Gasteiger partial charge in [-0.05, 0) is 56.9 Å². The number of rotatable bonds is 8. The van der Waals surface area contributed by atoms with Crippen LogP contribution in [0.2, 0.25) is 0 Å². The molecule has 2 aliphatic rings. The monoisotopic (exact) mass is 358 g/mol. The van der Waals surface area contributed by atoms with Gasteiger partial charge in [-0.2, -0.15) is 0 Å². The summed E-state index contributed by atoms with van der Waals surface area (Å²) in [5.74, 6) is 5.88. The molecule has 4 nitrogen and oxygen atoms in total. The van der Waals surface area contributed by atoms with Crippen LogP contribution in [-0.4, -0.2) is 28.1 Å². The van der Waals surface area contributed by atoms with Crippen molar-refractivity contribution in [2.75, 3.05) is 0 Å². The van der Waals surface area contributed by atoms with Crippen LogP contribution in [-0.2, 0) is 9.59 Å². The molecular weight excluding hydrogens is 328 g/mol. The first kappa shape index (κ1) is 20.5. The standard InChI is InChI=1S/C22H30O4/c1-3-4-7-15(2)20(23)11-10-18-19-13-16(8-5-6-9-22(25)26)12-17(19)14-21(18)24/h8,10-11,15,17-19,21,24H,5-7,9,12-14H2,1-2H3,(H,25,26)/b11-10+,16-8+/t15?,17-,18+,19-,21+/m0/s1. The van der Waals surface area contributed by atoms with Crippen molar-refractivity contribution in [3.05, 3.63) is 23.8 Å². The zero-order valence-corrected chi connectivity index (χ0v) is 15.8. The number of carboxylic acids is 1. The number of carboxylic acid groups (broad SMARTS) is 1.